The Kier molecular flexibility index (Phi) is 5.73. The Morgan fingerprint density at radius 1 is 1.20 bits per heavy atom. The Morgan fingerprint density at radius 3 is 2.68 bits per heavy atom. The summed E-state index contributed by atoms with van der Waals surface area (Å²) in [6.07, 6.45) is 1.37. The van der Waals surface area contributed by atoms with Crippen molar-refractivity contribution in [1.29, 1.82) is 0 Å². The van der Waals surface area contributed by atoms with E-state index in [2.05, 4.69) is 10.6 Å². The highest BCUT2D eigenvalue weighted by Crippen LogP contribution is 2.34. The molecule has 1 unspecified atom stereocenters. The fraction of sp³-hybridized carbons (Fsp3) is 0.263. The average molecular weight is 356 g/mol. The number of benzene rings is 2. The van der Waals surface area contributed by atoms with Gasteiger partial charge in [0.25, 0.3) is 0 Å². The number of carbonyl (C=O) groups excluding carboxylic acids is 1. The molecule has 2 aromatic carbocycles. The van der Waals surface area contributed by atoms with Crippen LogP contribution in [0.1, 0.15) is 18.4 Å². The maximum Gasteiger partial charge on any atom is 0.320 e. The van der Waals surface area contributed by atoms with Crippen LogP contribution in [0.2, 0.25) is 0 Å². The molecule has 0 saturated carbocycles. The molecule has 2 aromatic rings. The Bertz CT molecular complexity index is 751. The molecule has 3 N–H and O–H groups in total. The van der Waals surface area contributed by atoms with Crippen LogP contribution in [0.25, 0.3) is 0 Å². The van der Waals surface area contributed by atoms with Crippen LogP contribution in [0.4, 0.5) is 5.69 Å². The van der Waals surface area contributed by atoms with Gasteiger partial charge in [0.05, 0.1) is 17.5 Å². The van der Waals surface area contributed by atoms with Gasteiger partial charge in [0.2, 0.25) is 5.91 Å². The van der Waals surface area contributed by atoms with Crippen molar-refractivity contribution in [2.24, 2.45) is 0 Å². The number of rotatable bonds is 6. The van der Waals surface area contributed by atoms with Gasteiger partial charge in [-0.25, -0.2) is 0 Å². The molecular weight excluding hydrogens is 336 g/mol. The number of hydrogen-bond donors (Lipinski definition) is 3. The third-order valence-corrected chi connectivity index (χ3v) is 5.25. The van der Waals surface area contributed by atoms with E-state index in [1.165, 1.54) is 11.8 Å². The Labute approximate surface area is 150 Å². The summed E-state index contributed by atoms with van der Waals surface area (Å²) in [6, 6.07) is 16.7. The largest absolute Gasteiger partial charge is 0.480 e. The maximum absolute atomic E-state index is 12.1. The predicted molar refractivity (Wildman–Crippen MR) is 98.7 cm³/mol. The van der Waals surface area contributed by atoms with Crippen molar-refractivity contribution in [3.63, 3.8) is 0 Å². The molecule has 0 spiro atoms. The minimum atomic E-state index is -0.894. The number of aliphatic carboxylic acids is 1. The van der Waals surface area contributed by atoms with Crippen molar-refractivity contribution >= 4 is 29.3 Å². The lowest BCUT2D eigenvalue weighted by molar-refractivity contribution is -0.139. The molecule has 0 aliphatic carbocycles. The SMILES string of the molecule is O=C1CC(N[C@@H](CCc2ccccc2)C(=O)O)Sc2ccccc2N1. The lowest BCUT2D eigenvalue weighted by Crippen LogP contribution is -2.43. The predicted octanol–water partition coefficient (Wildman–Crippen LogP) is 3.12. The van der Waals surface area contributed by atoms with Crippen molar-refractivity contribution in [2.45, 2.75) is 35.6 Å². The van der Waals surface area contributed by atoms with Crippen molar-refractivity contribution in [2.75, 3.05) is 5.32 Å². The number of carboxylic acid groups (broad SMARTS) is 1. The Morgan fingerprint density at radius 2 is 1.92 bits per heavy atom. The standard InChI is InChI=1S/C19H20N2O3S/c22-17-12-18(25-16-9-5-4-8-14(16)20-17)21-15(19(23)24)11-10-13-6-2-1-3-7-13/h1-9,15,18,21H,10-12H2,(H,20,22)(H,23,24)/t15-,18?/m0/s1. The van der Waals surface area contributed by atoms with E-state index in [1.54, 1.807) is 0 Å². The van der Waals surface area contributed by atoms with Crippen LogP contribution in [0.3, 0.4) is 0 Å². The highest BCUT2D eigenvalue weighted by Gasteiger charge is 2.27. The molecule has 3 rings (SSSR count). The minimum Gasteiger partial charge on any atom is -0.480 e. The fourth-order valence-corrected chi connectivity index (χ4v) is 3.97. The number of hydrogen-bond acceptors (Lipinski definition) is 4. The van der Waals surface area contributed by atoms with Gasteiger partial charge in [-0.1, -0.05) is 42.5 Å². The summed E-state index contributed by atoms with van der Waals surface area (Å²) in [5, 5.41) is 15.3. The van der Waals surface area contributed by atoms with E-state index >= 15 is 0 Å². The molecule has 5 nitrogen and oxygen atoms in total. The molecule has 25 heavy (non-hydrogen) atoms. The monoisotopic (exact) mass is 356 g/mol. The molecule has 6 heteroatoms. The van der Waals surface area contributed by atoms with E-state index in [4.69, 9.17) is 0 Å². The lowest BCUT2D eigenvalue weighted by Gasteiger charge is -2.21. The second-order valence-electron chi connectivity index (χ2n) is 5.94. The van der Waals surface area contributed by atoms with Gasteiger partial charge in [-0.05, 0) is 30.5 Å². The first-order valence-corrected chi connectivity index (χ1v) is 9.08. The first-order valence-electron chi connectivity index (χ1n) is 8.20. The summed E-state index contributed by atoms with van der Waals surface area (Å²) >= 11 is 1.49. The molecule has 1 amide bonds. The van der Waals surface area contributed by atoms with Crippen LogP contribution in [-0.4, -0.2) is 28.4 Å². The van der Waals surface area contributed by atoms with Crippen LogP contribution >= 0.6 is 11.8 Å². The van der Waals surface area contributed by atoms with Crippen molar-refractivity contribution in [1.82, 2.24) is 5.32 Å². The number of thioether (sulfide) groups is 1. The summed E-state index contributed by atoms with van der Waals surface area (Å²) in [5.74, 6) is -1.00. The van der Waals surface area contributed by atoms with E-state index in [0.717, 1.165) is 16.1 Å². The fourth-order valence-electron chi connectivity index (χ4n) is 2.79. The van der Waals surface area contributed by atoms with E-state index < -0.39 is 12.0 Å². The summed E-state index contributed by atoms with van der Waals surface area (Å²) in [5.41, 5.74) is 1.88. The normalized spacial score (nSPS) is 17.9. The third-order valence-electron chi connectivity index (χ3n) is 4.05. The number of nitrogens with one attached hydrogen (secondary N) is 2. The number of para-hydroxylation sites is 1. The number of anilines is 1. The molecule has 0 saturated heterocycles. The van der Waals surface area contributed by atoms with Crippen LogP contribution in [0, 0.1) is 0 Å². The number of carbonyl (C=O) groups is 2. The van der Waals surface area contributed by atoms with E-state index in [1.807, 2.05) is 54.6 Å². The summed E-state index contributed by atoms with van der Waals surface area (Å²) in [4.78, 5) is 24.7. The number of amides is 1. The average Bonchev–Trinajstić information content (AvgIpc) is 2.76. The van der Waals surface area contributed by atoms with Gasteiger partial charge in [0.1, 0.15) is 6.04 Å². The van der Waals surface area contributed by atoms with Gasteiger partial charge in [-0.15, -0.1) is 11.8 Å². The maximum atomic E-state index is 12.1. The second-order valence-corrected chi connectivity index (χ2v) is 7.18. The first-order chi connectivity index (χ1) is 12.1. The number of carboxylic acids is 1. The van der Waals surface area contributed by atoms with Gasteiger partial charge in [0.15, 0.2) is 0 Å². The quantitative estimate of drug-likeness (QED) is 0.741. The Hall–Kier alpha value is -2.31. The lowest BCUT2D eigenvalue weighted by atomic mass is 10.1. The zero-order valence-corrected chi connectivity index (χ0v) is 14.5. The van der Waals surface area contributed by atoms with Gasteiger partial charge in [-0.3, -0.25) is 14.9 Å². The zero-order valence-electron chi connectivity index (χ0n) is 13.6. The summed E-state index contributed by atoms with van der Waals surface area (Å²) in [7, 11) is 0. The molecule has 0 radical (unpaired) electrons. The molecule has 0 aromatic heterocycles. The van der Waals surface area contributed by atoms with Gasteiger partial charge >= 0.3 is 5.97 Å². The summed E-state index contributed by atoms with van der Waals surface area (Å²) in [6.45, 7) is 0. The zero-order chi connectivity index (χ0) is 17.6. The molecule has 130 valence electrons. The molecule has 1 heterocycles. The van der Waals surface area contributed by atoms with Crippen LogP contribution in [0.15, 0.2) is 59.5 Å². The first kappa shape index (κ1) is 17.5. The molecule has 0 fully saturated rings. The van der Waals surface area contributed by atoms with Gasteiger partial charge < -0.3 is 10.4 Å². The number of fused-ring (bicyclic) bond motifs is 1. The molecule has 2 atom stereocenters. The van der Waals surface area contributed by atoms with E-state index in [0.29, 0.717) is 12.8 Å². The Balaban J connectivity index is 1.67. The van der Waals surface area contributed by atoms with Crippen molar-refractivity contribution < 1.29 is 14.7 Å². The van der Waals surface area contributed by atoms with Crippen molar-refractivity contribution in [3.05, 3.63) is 60.2 Å². The molecule has 0 bridgehead atoms. The molecule has 1 aliphatic rings. The molecular formula is C19H20N2O3S. The van der Waals surface area contributed by atoms with Crippen LogP contribution < -0.4 is 10.6 Å². The van der Waals surface area contributed by atoms with Crippen molar-refractivity contribution in [3.8, 4) is 0 Å². The van der Waals surface area contributed by atoms with E-state index in [-0.39, 0.29) is 17.7 Å². The van der Waals surface area contributed by atoms with Gasteiger partial charge in [-0.2, -0.15) is 0 Å². The topological polar surface area (TPSA) is 78.4 Å². The highest BCUT2D eigenvalue weighted by atomic mass is 32.2. The molecule has 1 aliphatic heterocycles. The minimum absolute atomic E-state index is 0.109. The number of aryl methyl sites for hydroxylation is 1. The summed E-state index contributed by atoms with van der Waals surface area (Å²) < 4.78 is 0. The second kappa shape index (κ2) is 8.18. The van der Waals surface area contributed by atoms with Crippen LogP contribution in [-0.2, 0) is 16.0 Å². The third kappa shape index (κ3) is 4.84. The smallest absolute Gasteiger partial charge is 0.320 e. The van der Waals surface area contributed by atoms with Gasteiger partial charge in [0, 0.05) is 4.90 Å². The van der Waals surface area contributed by atoms with Crippen LogP contribution in [0.5, 0.6) is 0 Å². The highest BCUT2D eigenvalue weighted by molar-refractivity contribution is 8.00. The van der Waals surface area contributed by atoms with E-state index in [9.17, 15) is 14.7 Å².